The quantitative estimate of drug-likeness (QED) is 0.357. The summed E-state index contributed by atoms with van der Waals surface area (Å²) in [7, 11) is 0.770. The number of esters is 1. The van der Waals surface area contributed by atoms with Crippen LogP contribution in [0.2, 0.25) is 0 Å². The molecule has 1 aromatic heterocycles. The second-order valence-electron chi connectivity index (χ2n) is 7.87. The second kappa shape index (κ2) is 14.5. The fourth-order valence-electron chi connectivity index (χ4n) is 3.06. The predicted octanol–water partition coefficient (Wildman–Crippen LogP) is 3.71. The van der Waals surface area contributed by atoms with Crippen molar-refractivity contribution in [3.05, 3.63) is 42.1 Å². The molecular formula is C23H33N3O8P+. The number of phenols is 1. The number of carbonyl (C=O) groups is 1. The molecule has 1 aliphatic heterocycles. The standard InChI is InChI=1S/C17H27N3O7P.C6H6O/c1-10(2)26-16(21)11(3)20-28(22)25-9-12-6-7-14(27-12)13-8-18-17(24-5)19-15(13)23-4;7-6-4-2-1-3-5-6/h8,10-12,14H,6-7,9H2,1-5H3,(H,20,22);1-5,7H/q+1;/t11-,12?,14?;/m1./s1. The maximum absolute atomic E-state index is 12.0. The summed E-state index contributed by atoms with van der Waals surface area (Å²) in [5.41, 5.74) is 0.721. The SMILES string of the molecule is COc1ncc(C2CCC(CO[P+](=O)N[C@H](C)C(=O)OC(C)C)O2)c(OC)n1.Oc1ccccc1. The predicted molar refractivity (Wildman–Crippen MR) is 127 cm³/mol. The van der Waals surface area contributed by atoms with Gasteiger partial charge in [-0.3, -0.25) is 4.79 Å². The Morgan fingerprint density at radius 1 is 1.20 bits per heavy atom. The van der Waals surface area contributed by atoms with E-state index in [0.29, 0.717) is 18.1 Å². The Morgan fingerprint density at radius 2 is 1.91 bits per heavy atom. The van der Waals surface area contributed by atoms with E-state index in [4.69, 9.17) is 28.6 Å². The first-order valence-corrected chi connectivity index (χ1v) is 12.3. The molecule has 11 nitrogen and oxygen atoms in total. The minimum Gasteiger partial charge on any atom is -0.508 e. The molecule has 1 saturated heterocycles. The summed E-state index contributed by atoms with van der Waals surface area (Å²) in [5, 5.41) is 11.2. The summed E-state index contributed by atoms with van der Waals surface area (Å²) < 4.78 is 38.6. The van der Waals surface area contributed by atoms with Gasteiger partial charge in [-0.1, -0.05) is 23.3 Å². The highest BCUT2D eigenvalue weighted by molar-refractivity contribution is 7.36. The molecule has 0 amide bonds. The molecule has 35 heavy (non-hydrogen) atoms. The molecule has 0 spiro atoms. The van der Waals surface area contributed by atoms with Crippen molar-refractivity contribution >= 4 is 14.1 Å². The minimum atomic E-state index is -2.22. The van der Waals surface area contributed by atoms with Gasteiger partial charge in [-0.05, 0) is 50.3 Å². The van der Waals surface area contributed by atoms with E-state index in [-0.39, 0.29) is 30.9 Å². The molecule has 0 aliphatic carbocycles. The number of para-hydroxylation sites is 1. The molecule has 0 saturated carbocycles. The molecule has 1 aliphatic rings. The summed E-state index contributed by atoms with van der Waals surface area (Å²) in [6, 6.07) is 8.19. The van der Waals surface area contributed by atoms with E-state index in [2.05, 4.69) is 15.1 Å². The molecule has 0 bridgehead atoms. The summed E-state index contributed by atoms with van der Waals surface area (Å²) in [4.78, 5) is 20.0. The molecular weight excluding hydrogens is 477 g/mol. The van der Waals surface area contributed by atoms with Crippen LogP contribution in [0.4, 0.5) is 0 Å². The zero-order valence-corrected chi connectivity index (χ0v) is 21.4. The molecule has 4 atom stereocenters. The van der Waals surface area contributed by atoms with Crippen LogP contribution in [0, 0.1) is 0 Å². The first kappa shape index (κ1) is 28.4. The minimum absolute atomic E-state index is 0.129. The van der Waals surface area contributed by atoms with Crippen molar-refractivity contribution in [3.8, 4) is 17.6 Å². The van der Waals surface area contributed by atoms with Crippen LogP contribution >= 0.6 is 8.18 Å². The Morgan fingerprint density at radius 3 is 2.49 bits per heavy atom. The van der Waals surface area contributed by atoms with Crippen molar-refractivity contribution in [2.45, 2.75) is 58.0 Å². The van der Waals surface area contributed by atoms with Gasteiger partial charge in [-0.15, -0.1) is 4.52 Å². The lowest BCUT2D eigenvalue weighted by atomic mass is 10.1. The third-order valence-corrected chi connectivity index (χ3v) is 5.71. The molecule has 192 valence electrons. The van der Waals surface area contributed by atoms with E-state index < -0.39 is 20.2 Å². The third-order valence-electron chi connectivity index (χ3n) is 4.73. The maximum atomic E-state index is 12.0. The number of hydrogen-bond donors (Lipinski definition) is 2. The molecule has 1 aromatic carbocycles. The first-order valence-electron chi connectivity index (χ1n) is 11.1. The van der Waals surface area contributed by atoms with E-state index in [1.165, 1.54) is 14.2 Å². The van der Waals surface area contributed by atoms with Crippen LogP contribution in [-0.2, 0) is 23.4 Å². The fourth-order valence-corrected chi connectivity index (χ4v) is 3.86. The lowest BCUT2D eigenvalue weighted by Gasteiger charge is -2.15. The Hall–Kier alpha value is -2.85. The number of nitrogens with one attached hydrogen (secondary N) is 1. The Balaban J connectivity index is 0.000000527. The van der Waals surface area contributed by atoms with Crippen molar-refractivity contribution in [3.63, 3.8) is 0 Å². The van der Waals surface area contributed by atoms with Crippen molar-refractivity contribution < 1.29 is 37.9 Å². The summed E-state index contributed by atoms with van der Waals surface area (Å²) >= 11 is 0. The van der Waals surface area contributed by atoms with Gasteiger partial charge in [0.15, 0.2) is 0 Å². The molecule has 1 fully saturated rings. The Bertz CT molecular complexity index is 948. The van der Waals surface area contributed by atoms with Crippen LogP contribution in [0.25, 0.3) is 0 Å². The molecule has 2 heterocycles. The van der Waals surface area contributed by atoms with Crippen LogP contribution in [0.3, 0.4) is 0 Å². The van der Waals surface area contributed by atoms with Gasteiger partial charge in [-0.2, -0.15) is 4.98 Å². The van der Waals surface area contributed by atoms with Crippen molar-refractivity contribution in [2.75, 3.05) is 20.8 Å². The number of aromatic nitrogens is 2. The zero-order valence-electron chi connectivity index (χ0n) is 20.5. The molecule has 12 heteroatoms. The normalized spacial score (nSPS) is 18.3. The average Bonchev–Trinajstić information content (AvgIpc) is 3.31. The highest BCUT2D eigenvalue weighted by atomic mass is 31.1. The molecule has 2 N–H and O–H groups in total. The van der Waals surface area contributed by atoms with E-state index in [1.54, 1.807) is 51.2 Å². The van der Waals surface area contributed by atoms with Gasteiger partial charge in [0.1, 0.15) is 18.4 Å². The summed E-state index contributed by atoms with van der Waals surface area (Å²) in [6.07, 6.45) is 2.33. The number of hydrogen-bond acceptors (Lipinski definition) is 10. The van der Waals surface area contributed by atoms with Crippen LogP contribution in [0.15, 0.2) is 36.5 Å². The van der Waals surface area contributed by atoms with E-state index >= 15 is 0 Å². The lowest BCUT2D eigenvalue weighted by Crippen LogP contribution is -2.33. The van der Waals surface area contributed by atoms with Crippen LogP contribution in [0.5, 0.6) is 17.6 Å². The van der Waals surface area contributed by atoms with Crippen LogP contribution in [-0.4, -0.2) is 60.1 Å². The number of rotatable bonds is 10. The van der Waals surface area contributed by atoms with E-state index in [9.17, 15) is 9.36 Å². The number of phenolic OH excluding ortho intramolecular Hbond substituents is 1. The topological polar surface area (TPSA) is 138 Å². The fraction of sp³-hybridized carbons (Fsp3) is 0.522. The van der Waals surface area contributed by atoms with Crippen LogP contribution < -0.4 is 14.6 Å². The number of nitrogens with zero attached hydrogens (tertiary/aromatic N) is 2. The molecule has 3 rings (SSSR count). The number of benzene rings is 1. The largest absolute Gasteiger partial charge is 0.613 e. The Kier molecular flexibility index (Phi) is 11.8. The molecule has 0 radical (unpaired) electrons. The lowest BCUT2D eigenvalue weighted by molar-refractivity contribution is -0.149. The van der Waals surface area contributed by atoms with Crippen molar-refractivity contribution in [2.24, 2.45) is 0 Å². The van der Waals surface area contributed by atoms with Crippen molar-refractivity contribution in [1.29, 1.82) is 0 Å². The first-order chi connectivity index (χ1) is 16.7. The highest BCUT2D eigenvalue weighted by Gasteiger charge is 2.34. The van der Waals surface area contributed by atoms with Gasteiger partial charge >= 0.3 is 20.2 Å². The van der Waals surface area contributed by atoms with Gasteiger partial charge in [0.25, 0.3) is 0 Å². The van der Waals surface area contributed by atoms with Crippen molar-refractivity contribution in [1.82, 2.24) is 15.1 Å². The highest BCUT2D eigenvalue weighted by Crippen LogP contribution is 2.37. The summed E-state index contributed by atoms with van der Waals surface area (Å²) in [5.74, 6) is 0.233. The molecule has 2 aromatic rings. The Labute approximate surface area is 206 Å². The zero-order chi connectivity index (χ0) is 25.8. The van der Waals surface area contributed by atoms with Crippen LogP contribution in [0.1, 0.15) is 45.3 Å². The van der Waals surface area contributed by atoms with Gasteiger partial charge < -0.3 is 24.1 Å². The number of methoxy groups -OCH3 is 2. The van der Waals surface area contributed by atoms with Gasteiger partial charge in [0.2, 0.25) is 5.88 Å². The maximum Gasteiger partial charge on any atom is 0.613 e. The third kappa shape index (κ3) is 9.73. The number of ether oxygens (including phenoxy) is 4. The second-order valence-corrected chi connectivity index (χ2v) is 8.90. The summed E-state index contributed by atoms with van der Waals surface area (Å²) in [6.45, 7) is 5.19. The number of aromatic hydroxyl groups is 1. The monoisotopic (exact) mass is 510 g/mol. The average molecular weight is 511 g/mol. The molecule has 3 unspecified atom stereocenters. The van der Waals surface area contributed by atoms with Gasteiger partial charge in [0, 0.05) is 6.20 Å². The van der Waals surface area contributed by atoms with Gasteiger partial charge in [-0.25, -0.2) is 4.98 Å². The smallest absolute Gasteiger partial charge is 0.508 e. The van der Waals surface area contributed by atoms with E-state index in [0.717, 1.165) is 12.0 Å². The number of carbonyl (C=O) groups excluding carboxylic acids is 1. The van der Waals surface area contributed by atoms with Gasteiger partial charge in [0.05, 0.1) is 38.1 Å². The van der Waals surface area contributed by atoms with E-state index in [1.807, 2.05) is 6.07 Å².